The van der Waals surface area contributed by atoms with Gasteiger partial charge >= 0.3 is 5.97 Å². The molecule has 9 nitrogen and oxygen atoms in total. The summed E-state index contributed by atoms with van der Waals surface area (Å²) in [4.78, 5) is 55.7. The zero-order valence-electron chi connectivity index (χ0n) is 20.0. The molecule has 0 unspecified atom stereocenters. The van der Waals surface area contributed by atoms with Gasteiger partial charge in [0.2, 0.25) is 0 Å². The number of fused-ring (bicyclic) bond motifs is 1. The fourth-order valence-electron chi connectivity index (χ4n) is 3.44. The Morgan fingerprint density at radius 3 is 2.27 bits per heavy atom. The molecule has 0 aliphatic carbocycles. The first-order valence-electron chi connectivity index (χ1n) is 11.5. The number of nitrogens with zero attached hydrogens (tertiary/aromatic N) is 2. The van der Waals surface area contributed by atoms with E-state index in [4.69, 9.17) is 4.74 Å². The van der Waals surface area contributed by atoms with Crippen molar-refractivity contribution in [1.82, 2.24) is 9.38 Å². The van der Waals surface area contributed by atoms with Crippen LogP contribution in [0.1, 0.15) is 56.0 Å². The number of amides is 2. The molecule has 0 fully saturated rings. The minimum absolute atomic E-state index is 0.0480. The van der Waals surface area contributed by atoms with E-state index in [2.05, 4.69) is 15.6 Å². The number of hydrogen-bond donors (Lipinski definition) is 2. The number of ether oxygens (including phenoxy) is 1. The first-order chi connectivity index (χ1) is 17.8. The highest BCUT2D eigenvalue weighted by atomic mass is 32.1. The maximum atomic E-state index is 13.3. The van der Waals surface area contributed by atoms with E-state index in [1.54, 1.807) is 6.92 Å². The molecule has 2 N–H and O–H groups in total. The minimum atomic E-state index is -0.721. The van der Waals surface area contributed by atoms with Gasteiger partial charge in [0.1, 0.15) is 16.4 Å². The quantitative estimate of drug-likeness (QED) is 0.257. The van der Waals surface area contributed by atoms with E-state index in [0.717, 1.165) is 28.6 Å². The second-order valence-electron chi connectivity index (χ2n) is 8.12. The molecule has 37 heavy (non-hydrogen) atoms. The van der Waals surface area contributed by atoms with Crippen molar-refractivity contribution in [3.8, 4) is 0 Å². The van der Waals surface area contributed by atoms with Gasteiger partial charge < -0.3 is 15.4 Å². The number of anilines is 2. The number of rotatable bonds is 8. The van der Waals surface area contributed by atoms with Crippen molar-refractivity contribution in [3.05, 3.63) is 92.6 Å². The molecule has 11 heteroatoms. The van der Waals surface area contributed by atoms with Gasteiger partial charge in [-0.25, -0.2) is 18.6 Å². The maximum absolute atomic E-state index is 13.3. The van der Waals surface area contributed by atoms with Gasteiger partial charge in [-0.2, -0.15) is 0 Å². The number of carbonyl (C=O) groups is 3. The number of thiazole rings is 1. The lowest BCUT2D eigenvalue weighted by molar-refractivity contribution is 0.0499. The molecule has 0 saturated carbocycles. The zero-order valence-corrected chi connectivity index (χ0v) is 20.9. The number of nitrogens with one attached hydrogen (secondary N) is 2. The molecule has 0 saturated heterocycles. The van der Waals surface area contributed by atoms with Crippen LogP contribution in [0.25, 0.3) is 4.96 Å². The van der Waals surface area contributed by atoms with Crippen LogP contribution >= 0.6 is 11.3 Å². The van der Waals surface area contributed by atoms with Crippen molar-refractivity contribution in [2.45, 2.75) is 26.7 Å². The van der Waals surface area contributed by atoms with E-state index < -0.39 is 29.2 Å². The van der Waals surface area contributed by atoms with Crippen molar-refractivity contribution < 1.29 is 23.5 Å². The van der Waals surface area contributed by atoms with E-state index >= 15 is 0 Å². The van der Waals surface area contributed by atoms with Crippen LogP contribution in [0, 0.1) is 12.7 Å². The normalized spacial score (nSPS) is 10.8. The molecule has 0 spiro atoms. The van der Waals surface area contributed by atoms with Crippen LogP contribution in [-0.2, 0) is 4.74 Å². The summed E-state index contributed by atoms with van der Waals surface area (Å²) in [6.07, 6.45) is 1.66. The molecule has 4 rings (SSSR count). The Morgan fingerprint density at radius 2 is 1.62 bits per heavy atom. The highest BCUT2D eigenvalue weighted by molar-refractivity contribution is 7.19. The molecule has 190 valence electrons. The first kappa shape index (κ1) is 25.7. The highest BCUT2D eigenvalue weighted by Crippen LogP contribution is 2.24. The summed E-state index contributed by atoms with van der Waals surface area (Å²) < 4.78 is 19.5. The molecule has 0 bridgehead atoms. The van der Waals surface area contributed by atoms with Gasteiger partial charge in [0.15, 0.2) is 4.96 Å². The Morgan fingerprint density at radius 1 is 1.00 bits per heavy atom. The van der Waals surface area contributed by atoms with Crippen LogP contribution in [0.5, 0.6) is 0 Å². The predicted octanol–water partition coefficient (Wildman–Crippen LogP) is 4.67. The average Bonchev–Trinajstić information content (AvgIpc) is 3.26. The van der Waals surface area contributed by atoms with Gasteiger partial charge in [-0.3, -0.25) is 14.4 Å². The summed E-state index contributed by atoms with van der Waals surface area (Å²) in [5.74, 6) is -2.31. The Kier molecular flexibility index (Phi) is 7.73. The Bertz CT molecular complexity index is 1530. The lowest BCUT2D eigenvalue weighted by atomic mass is 10.2. The molecule has 0 radical (unpaired) electrons. The Labute approximate surface area is 214 Å². The molecule has 0 atom stereocenters. The number of halogens is 1. The highest BCUT2D eigenvalue weighted by Gasteiger charge is 2.26. The van der Waals surface area contributed by atoms with Crippen LogP contribution in [0.15, 0.2) is 59.4 Å². The lowest BCUT2D eigenvalue weighted by Gasteiger charge is -2.09. The minimum Gasteiger partial charge on any atom is -0.462 e. The van der Waals surface area contributed by atoms with E-state index in [1.807, 2.05) is 6.92 Å². The molecule has 2 aromatic heterocycles. The van der Waals surface area contributed by atoms with Gasteiger partial charge in [-0.15, -0.1) is 0 Å². The summed E-state index contributed by atoms with van der Waals surface area (Å²) in [6.45, 7) is 3.95. The van der Waals surface area contributed by atoms with Crippen molar-refractivity contribution in [1.29, 1.82) is 0 Å². The SMILES string of the molecule is CCCCOC(=O)c1ccc(NC(=O)c2c(C(=O)Nc3ccc(F)cc3)sc3nc(C)cc(=O)n23)cc1. The van der Waals surface area contributed by atoms with Crippen LogP contribution in [0.2, 0.25) is 0 Å². The molecule has 2 aromatic carbocycles. The van der Waals surface area contributed by atoms with Gasteiger partial charge in [-0.05, 0) is 61.9 Å². The van der Waals surface area contributed by atoms with Gasteiger partial charge in [-0.1, -0.05) is 24.7 Å². The smallest absolute Gasteiger partial charge is 0.338 e. The number of hydrogen-bond acceptors (Lipinski definition) is 7. The first-order valence-corrected chi connectivity index (χ1v) is 12.3. The number of aryl methyl sites for hydroxylation is 1. The molecule has 4 aromatic rings. The summed E-state index contributed by atoms with van der Waals surface area (Å²) in [5.41, 5.74) is 0.700. The summed E-state index contributed by atoms with van der Waals surface area (Å²) >= 11 is 0.881. The molecule has 0 aliphatic heterocycles. The van der Waals surface area contributed by atoms with Gasteiger partial charge in [0.25, 0.3) is 17.4 Å². The molecule has 0 aliphatic rings. The van der Waals surface area contributed by atoms with Crippen molar-refractivity contribution in [2.75, 3.05) is 17.2 Å². The predicted molar refractivity (Wildman–Crippen MR) is 138 cm³/mol. The number of aromatic nitrogens is 2. The van der Waals surface area contributed by atoms with Crippen molar-refractivity contribution in [3.63, 3.8) is 0 Å². The van der Waals surface area contributed by atoms with Crippen molar-refractivity contribution in [2.24, 2.45) is 0 Å². The molecule has 2 heterocycles. The largest absolute Gasteiger partial charge is 0.462 e. The van der Waals surface area contributed by atoms with Crippen molar-refractivity contribution >= 4 is 45.5 Å². The third-order valence-corrected chi connectivity index (χ3v) is 6.32. The summed E-state index contributed by atoms with van der Waals surface area (Å²) in [7, 11) is 0. The molecular formula is C26H23FN4O5S. The molecular weight excluding hydrogens is 499 g/mol. The van der Waals surface area contributed by atoms with Crippen LogP contribution in [0.4, 0.5) is 15.8 Å². The van der Waals surface area contributed by atoms with E-state index in [0.29, 0.717) is 29.2 Å². The topological polar surface area (TPSA) is 119 Å². The van der Waals surface area contributed by atoms with E-state index in [9.17, 15) is 23.6 Å². The number of esters is 1. The Balaban J connectivity index is 1.63. The summed E-state index contributed by atoms with van der Waals surface area (Å²) in [6, 6.07) is 12.5. The standard InChI is InChI=1S/C26H23FN4O5S/c1-3-4-13-36-25(35)16-5-9-18(10-6-16)29-23(33)21-22(24(34)30-19-11-7-17(27)8-12-19)37-26-28-15(2)14-20(32)31(21)26/h5-12,14H,3-4,13H2,1-2H3,(H,29,33)(H,30,34). The van der Waals surface area contributed by atoms with E-state index in [-0.39, 0.29) is 15.5 Å². The number of benzene rings is 2. The average molecular weight is 523 g/mol. The van der Waals surface area contributed by atoms with Gasteiger partial charge in [0, 0.05) is 23.1 Å². The maximum Gasteiger partial charge on any atom is 0.338 e. The monoisotopic (exact) mass is 522 g/mol. The third-order valence-electron chi connectivity index (χ3n) is 5.28. The van der Waals surface area contributed by atoms with Gasteiger partial charge in [0.05, 0.1) is 12.2 Å². The second kappa shape index (κ2) is 11.1. The third kappa shape index (κ3) is 5.89. The lowest BCUT2D eigenvalue weighted by Crippen LogP contribution is -2.25. The number of unbranched alkanes of at least 4 members (excludes halogenated alkanes) is 1. The van der Waals surface area contributed by atoms with Crippen LogP contribution in [-0.4, -0.2) is 33.8 Å². The fraction of sp³-hybridized carbons (Fsp3) is 0.192. The fourth-order valence-corrected chi connectivity index (χ4v) is 4.51. The zero-order chi connectivity index (χ0) is 26.5. The van der Waals surface area contributed by atoms with Crippen LogP contribution in [0.3, 0.4) is 0 Å². The van der Waals surface area contributed by atoms with Crippen LogP contribution < -0.4 is 16.2 Å². The number of carbonyl (C=O) groups excluding carboxylic acids is 3. The second-order valence-corrected chi connectivity index (χ2v) is 9.09. The molecule has 2 amide bonds. The van der Waals surface area contributed by atoms with E-state index in [1.165, 1.54) is 54.6 Å². The Hall–Kier alpha value is -4.38. The summed E-state index contributed by atoms with van der Waals surface area (Å²) in [5, 5.41) is 5.27.